The van der Waals surface area contributed by atoms with E-state index in [2.05, 4.69) is 37.9 Å². The van der Waals surface area contributed by atoms with E-state index in [-0.39, 0.29) is 11.8 Å². The standard InChI is InChI=1S/C20H26N4O2S/c1-21-20(26)19(16-6-3-2-4-7-16)22-18(25)15-24-11-9-23(10-12-24)14-17-8-5-13-27-17/h2-8,13,19H,9-12,14-15H2,1H3,(H,21,26)(H,22,25). The third kappa shape index (κ3) is 5.63. The molecular formula is C20H26N4O2S. The molecule has 1 aliphatic heterocycles. The summed E-state index contributed by atoms with van der Waals surface area (Å²) in [7, 11) is 1.58. The maximum Gasteiger partial charge on any atom is 0.246 e. The third-order valence-electron chi connectivity index (χ3n) is 4.74. The average molecular weight is 387 g/mol. The molecule has 1 fully saturated rings. The van der Waals surface area contributed by atoms with Crippen LogP contribution in [0, 0.1) is 0 Å². The van der Waals surface area contributed by atoms with E-state index >= 15 is 0 Å². The molecular weight excluding hydrogens is 360 g/mol. The quantitative estimate of drug-likeness (QED) is 0.756. The highest BCUT2D eigenvalue weighted by Crippen LogP contribution is 2.14. The summed E-state index contributed by atoms with van der Waals surface area (Å²) in [6.07, 6.45) is 0. The van der Waals surface area contributed by atoms with Crippen molar-refractivity contribution in [2.45, 2.75) is 12.6 Å². The predicted octanol–water partition coefficient (Wildman–Crippen LogP) is 1.47. The highest BCUT2D eigenvalue weighted by molar-refractivity contribution is 7.09. The number of amides is 2. The van der Waals surface area contributed by atoms with Crippen molar-refractivity contribution in [2.24, 2.45) is 0 Å². The minimum Gasteiger partial charge on any atom is -0.357 e. The fourth-order valence-electron chi connectivity index (χ4n) is 3.23. The molecule has 7 heteroatoms. The Kier molecular flexibility index (Phi) is 6.98. The Morgan fingerprint density at radius 2 is 1.74 bits per heavy atom. The Bertz CT molecular complexity index is 728. The maximum absolute atomic E-state index is 12.5. The van der Waals surface area contributed by atoms with E-state index in [9.17, 15) is 9.59 Å². The number of hydrogen-bond donors (Lipinski definition) is 2. The fraction of sp³-hybridized carbons (Fsp3) is 0.400. The van der Waals surface area contributed by atoms with Crippen molar-refractivity contribution in [1.29, 1.82) is 0 Å². The minimum atomic E-state index is -0.663. The predicted molar refractivity (Wildman–Crippen MR) is 107 cm³/mol. The first-order valence-electron chi connectivity index (χ1n) is 9.18. The molecule has 2 heterocycles. The van der Waals surface area contributed by atoms with E-state index in [0.717, 1.165) is 38.3 Å². The van der Waals surface area contributed by atoms with Gasteiger partial charge in [0.15, 0.2) is 0 Å². The van der Waals surface area contributed by atoms with Crippen LogP contribution in [-0.4, -0.2) is 61.4 Å². The lowest BCUT2D eigenvalue weighted by molar-refractivity contribution is -0.129. The van der Waals surface area contributed by atoms with E-state index < -0.39 is 6.04 Å². The molecule has 2 amide bonds. The molecule has 1 aromatic heterocycles. The maximum atomic E-state index is 12.5. The molecule has 27 heavy (non-hydrogen) atoms. The van der Waals surface area contributed by atoms with Crippen LogP contribution in [0.1, 0.15) is 16.5 Å². The van der Waals surface area contributed by atoms with Crippen LogP contribution >= 0.6 is 11.3 Å². The second-order valence-electron chi connectivity index (χ2n) is 6.66. The molecule has 0 saturated carbocycles. The summed E-state index contributed by atoms with van der Waals surface area (Å²) in [6.45, 7) is 4.90. The number of piperazine rings is 1. The summed E-state index contributed by atoms with van der Waals surface area (Å²) in [6, 6.07) is 12.9. The van der Waals surface area contributed by atoms with Crippen LogP contribution in [0.5, 0.6) is 0 Å². The van der Waals surface area contributed by atoms with Gasteiger partial charge in [0, 0.05) is 44.6 Å². The van der Waals surface area contributed by atoms with Gasteiger partial charge < -0.3 is 10.6 Å². The highest BCUT2D eigenvalue weighted by atomic mass is 32.1. The van der Waals surface area contributed by atoms with Crippen molar-refractivity contribution >= 4 is 23.2 Å². The highest BCUT2D eigenvalue weighted by Gasteiger charge is 2.24. The SMILES string of the molecule is CNC(=O)C(NC(=O)CN1CCN(Cc2cccs2)CC1)c1ccccc1. The van der Waals surface area contributed by atoms with Crippen LogP contribution in [0.2, 0.25) is 0 Å². The summed E-state index contributed by atoms with van der Waals surface area (Å²) in [5.74, 6) is -0.338. The van der Waals surface area contributed by atoms with Gasteiger partial charge >= 0.3 is 0 Å². The molecule has 3 rings (SSSR count). The number of carbonyl (C=O) groups excluding carboxylic acids is 2. The van der Waals surface area contributed by atoms with Crippen LogP contribution in [0.3, 0.4) is 0 Å². The molecule has 1 aromatic carbocycles. The zero-order chi connectivity index (χ0) is 19.1. The number of benzene rings is 1. The lowest BCUT2D eigenvalue weighted by Crippen LogP contribution is -2.50. The number of rotatable bonds is 7. The summed E-state index contributed by atoms with van der Waals surface area (Å²) in [5, 5.41) is 7.60. The minimum absolute atomic E-state index is 0.126. The molecule has 144 valence electrons. The van der Waals surface area contributed by atoms with Gasteiger partial charge in [0.1, 0.15) is 6.04 Å². The van der Waals surface area contributed by atoms with Crippen molar-refractivity contribution < 1.29 is 9.59 Å². The van der Waals surface area contributed by atoms with E-state index in [4.69, 9.17) is 0 Å². The summed E-state index contributed by atoms with van der Waals surface area (Å²) >= 11 is 1.78. The summed E-state index contributed by atoms with van der Waals surface area (Å²) in [5.41, 5.74) is 0.783. The Morgan fingerprint density at radius 3 is 2.37 bits per heavy atom. The van der Waals surface area contributed by atoms with Crippen LogP contribution in [0.15, 0.2) is 47.8 Å². The second-order valence-corrected chi connectivity index (χ2v) is 7.69. The zero-order valence-electron chi connectivity index (χ0n) is 15.6. The van der Waals surface area contributed by atoms with Gasteiger partial charge in [-0.3, -0.25) is 19.4 Å². The van der Waals surface area contributed by atoms with E-state index in [1.165, 1.54) is 4.88 Å². The molecule has 0 aliphatic carbocycles. The van der Waals surface area contributed by atoms with Gasteiger partial charge in [0.2, 0.25) is 11.8 Å². The molecule has 1 unspecified atom stereocenters. The van der Waals surface area contributed by atoms with Crippen molar-refractivity contribution in [3.63, 3.8) is 0 Å². The first kappa shape index (κ1) is 19.5. The first-order valence-corrected chi connectivity index (χ1v) is 10.1. The van der Waals surface area contributed by atoms with E-state index in [0.29, 0.717) is 6.54 Å². The smallest absolute Gasteiger partial charge is 0.246 e. The number of thiophene rings is 1. The van der Waals surface area contributed by atoms with Crippen molar-refractivity contribution in [3.05, 3.63) is 58.3 Å². The topological polar surface area (TPSA) is 64.7 Å². The Hall–Kier alpha value is -2.22. The molecule has 1 saturated heterocycles. The van der Waals surface area contributed by atoms with Crippen LogP contribution in [0.25, 0.3) is 0 Å². The Labute approximate surface area is 164 Å². The number of nitrogens with one attached hydrogen (secondary N) is 2. The van der Waals surface area contributed by atoms with Crippen molar-refractivity contribution in [3.8, 4) is 0 Å². The van der Waals surface area contributed by atoms with Gasteiger partial charge in [-0.25, -0.2) is 0 Å². The van der Waals surface area contributed by atoms with Crippen molar-refractivity contribution in [2.75, 3.05) is 39.8 Å². The largest absolute Gasteiger partial charge is 0.357 e. The van der Waals surface area contributed by atoms with Crippen LogP contribution in [-0.2, 0) is 16.1 Å². The second kappa shape index (κ2) is 9.64. The van der Waals surface area contributed by atoms with Crippen molar-refractivity contribution in [1.82, 2.24) is 20.4 Å². The number of hydrogen-bond acceptors (Lipinski definition) is 5. The lowest BCUT2D eigenvalue weighted by Gasteiger charge is -2.34. The van der Waals surface area contributed by atoms with Gasteiger partial charge in [-0.2, -0.15) is 0 Å². The zero-order valence-corrected chi connectivity index (χ0v) is 16.4. The molecule has 0 spiro atoms. The van der Waals surface area contributed by atoms with E-state index in [1.54, 1.807) is 18.4 Å². The normalized spacial score (nSPS) is 16.6. The number of carbonyl (C=O) groups is 2. The van der Waals surface area contributed by atoms with Gasteiger partial charge in [-0.15, -0.1) is 11.3 Å². The molecule has 1 aliphatic rings. The molecule has 1 atom stereocenters. The average Bonchev–Trinajstić information content (AvgIpc) is 3.21. The molecule has 2 aromatic rings. The van der Waals surface area contributed by atoms with Gasteiger partial charge in [-0.05, 0) is 17.0 Å². The lowest BCUT2D eigenvalue weighted by atomic mass is 10.1. The summed E-state index contributed by atoms with van der Waals surface area (Å²) < 4.78 is 0. The summed E-state index contributed by atoms with van der Waals surface area (Å²) in [4.78, 5) is 30.6. The first-order chi connectivity index (χ1) is 13.2. The monoisotopic (exact) mass is 386 g/mol. The fourth-order valence-corrected chi connectivity index (χ4v) is 3.97. The van der Waals surface area contributed by atoms with Crippen LogP contribution < -0.4 is 10.6 Å². The molecule has 0 radical (unpaired) electrons. The molecule has 6 nitrogen and oxygen atoms in total. The Balaban J connectivity index is 1.49. The molecule has 2 N–H and O–H groups in total. The van der Waals surface area contributed by atoms with Crippen LogP contribution in [0.4, 0.5) is 0 Å². The van der Waals surface area contributed by atoms with E-state index in [1.807, 2.05) is 30.3 Å². The van der Waals surface area contributed by atoms with Gasteiger partial charge in [0.25, 0.3) is 0 Å². The van der Waals surface area contributed by atoms with Gasteiger partial charge in [0.05, 0.1) is 6.54 Å². The number of nitrogens with zero attached hydrogens (tertiary/aromatic N) is 2. The van der Waals surface area contributed by atoms with Gasteiger partial charge in [-0.1, -0.05) is 36.4 Å². The Morgan fingerprint density at radius 1 is 1.04 bits per heavy atom. The third-order valence-corrected chi connectivity index (χ3v) is 5.60. The molecule has 0 bridgehead atoms. The number of likely N-dealkylation sites (N-methyl/N-ethyl adjacent to an activating group) is 1.